The molecule has 0 saturated carbocycles. The zero-order chi connectivity index (χ0) is 22.5. The molecule has 7 nitrogen and oxygen atoms in total. The summed E-state index contributed by atoms with van der Waals surface area (Å²) in [6.07, 6.45) is 1.94. The number of amides is 1. The van der Waals surface area contributed by atoms with Crippen LogP contribution in [0.2, 0.25) is 0 Å². The fourth-order valence-corrected chi connectivity index (χ4v) is 3.87. The highest BCUT2D eigenvalue weighted by atomic mass is 79.9. The van der Waals surface area contributed by atoms with Gasteiger partial charge in [-0.05, 0) is 62.2 Å². The summed E-state index contributed by atoms with van der Waals surface area (Å²) in [5.41, 5.74) is 1.90. The molecule has 0 radical (unpaired) electrons. The number of hydrogen-bond acceptors (Lipinski definition) is 6. The number of halogens is 1. The number of hydrogen-bond donors (Lipinski definition) is 1. The summed E-state index contributed by atoms with van der Waals surface area (Å²) in [5.74, 6) is -0.731. The van der Waals surface area contributed by atoms with Crippen molar-refractivity contribution in [3.8, 4) is 0 Å². The molecule has 2 aromatic carbocycles. The van der Waals surface area contributed by atoms with Crippen molar-refractivity contribution in [2.45, 2.75) is 25.9 Å². The lowest BCUT2D eigenvalue weighted by molar-refractivity contribution is 0.0526. The molecule has 1 aromatic heterocycles. The topological polar surface area (TPSA) is 90.1 Å². The van der Waals surface area contributed by atoms with Gasteiger partial charge in [0.2, 0.25) is 5.55 Å². The molecule has 1 fully saturated rings. The highest BCUT2D eigenvalue weighted by Gasteiger charge is 2.19. The Balaban J connectivity index is 1.74. The Labute approximate surface area is 193 Å². The summed E-state index contributed by atoms with van der Waals surface area (Å²) in [6, 6.07) is 14.0. The van der Waals surface area contributed by atoms with E-state index in [1.807, 2.05) is 18.2 Å². The molecule has 3 aromatic rings. The second-order valence-electron chi connectivity index (χ2n) is 7.38. The van der Waals surface area contributed by atoms with Crippen LogP contribution in [0.5, 0.6) is 0 Å². The number of carbonyl (C=O) groups excluding carboxylic acids is 2. The minimum absolute atomic E-state index is 0.0205. The van der Waals surface area contributed by atoms with Crippen LogP contribution in [0.4, 0.5) is 5.69 Å². The minimum atomic E-state index is -0.431. The zero-order valence-electron chi connectivity index (χ0n) is 17.6. The van der Waals surface area contributed by atoms with Gasteiger partial charge >= 0.3 is 5.97 Å². The number of ether oxygens (including phenoxy) is 2. The first-order valence-electron chi connectivity index (χ1n) is 10.5. The van der Waals surface area contributed by atoms with E-state index < -0.39 is 5.97 Å². The van der Waals surface area contributed by atoms with Crippen molar-refractivity contribution in [1.82, 2.24) is 5.32 Å². The Morgan fingerprint density at radius 1 is 1.22 bits per heavy atom. The number of carbonyl (C=O) groups is 2. The van der Waals surface area contributed by atoms with Crippen molar-refractivity contribution in [2.24, 2.45) is 4.99 Å². The minimum Gasteiger partial charge on any atom is -0.462 e. The first-order valence-corrected chi connectivity index (χ1v) is 11.3. The van der Waals surface area contributed by atoms with Crippen molar-refractivity contribution in [2.75, 3.05) is 19.8 Å². The van der Waals surface area contributed by atoms with Crippen LogP contribution in [0.15, 0.2) is 62.4 Å². The lowest BCUT2D eigenvalue weighted by atomic mass is 10.1. The van der Waals surface area contributed by atoms with E-state index in [1.165, 1.54) is 0 Å². The standard InChI is InChI=1S/C24H23BrN2O5/c1-2-30-24(29)15-5-3-6-18(12-15)27-23-20(22(28)26-14-19-7-4-10-31-19)13-16-11-17(25)8-9-21(16)32-23/h3,5-6,8-9,11-13,19H,2,4,7,10,14H2,1H3,(H,26,28)/t19-/m1/s1. The van der Waals surface area contributed by atoms with Gasteiger partial charge in [-0.25, -0.2) is 9.79 Å². The van der Waals surface area contributed by atoms with Gasteiger partial charge in [0.05, 0.1) is 24.0 Å². The van der Waals surface area contributed by atoms with Gasteiger partial charge in [0.25, 0.3) is 5.91 Å². The van der Waals surface area contributed by atoms with Crippen LogP contribution in [0.3, 0.4) is 0 Å². The monoisotopic (exact) mass is 498 g/mol. The Morgan fingerprint density at radius 3 is 2.88 bits per heavy atom. The molecular formula is C24H23BrN2O5. The molecule has 4 rings (SSSR count). The molecule has 1 aliphatic rings. The van der Waals surface area contributed by atoms with Crippen molar-refractivity contribution in [1.29, 1.82) is 0 Å². The maximum atomic E-state index is 13.0. The molecule has 0 unspecified atom stereocenters. The highest BCUT2D eigenvalue weighted by Crippen LogP contribution is 2.21. The van der Waals surface area contributed by atoms with Gasteiger partial charge in [-0.1, -0.05) is 22.0 Å². The molecule has 1 aliphatic heterocycles. The van der Waals surface area contributed by atoms with Crippen LogP contribution in [0, 0.1) is 0 Å². The number of fused-ring (bicyclic) bond motifs is 1. The SMILES string of the molecule is CCOC(=O)c1cccc(N=c2oc3ccc(Br)cc3cc2C(=O)NC[C@H]2CCCO2)c1. The number of nitrogens with one attached hydrogen (secondary N) is 1. The summed E-state index contributed by atoms with van der Waals surface area (Å²) in [6.45, 7) is 3.18. The van der Waals surface area contributed by atoms with E-state index in [0.29, 0.717) is 28.9 Å². The molecule has 0 spiro atoms. The zero-order valence-corrected chi connectivity index (χ0v) is 19.2. The molecule has 166 valence electrons. The molecule has 2 heterocycles. The molecule has 8 heteroatoms. The van der Waals surface area contributed by atoms with Gasteiger partial charge in [-0.3, -0.25) is 4.79 Å². The average molecular weight is 499 g/mol. The lowest BCUT2D eigenvalue weighted by Crippen LogP contribution is -2.34. The largest absolute Gasteiger partial charge is 0.462 e. The van der Waals surface area contributed by atoms with Gasteiger partial charge in [-0.15, -0.1) is 0 Å². The summed E-state index contributed by atoms with van der Waals surface area (Å²) >= 11 is 3.45. The number of nitrogens with zero attached hydrogens (tertiary/aromatic N) is 1. The van der Waals surface area contributed by atoms with Crippen LogP contribution in [-0.4, -0.2) is 37.7 Å². The molecule has 32 heavy (non-hydrogen) atoms. The van der Waals surface area contributed by atoms with E-state index in [2.05, 4.69) is 26.2 Å². The fourth-order valence-electron chi connectivity index (χ4n) is 3.49. The summed E-state index contributed by atoms with van der Waals surface area (Å²) in [4.78, 5) is 29.6. The van der Waals surface area contributed by atoms with E-state index >= 15 is 0 Å². The van der Waals surface area contributed by atoms with Crippen LogP contribution in [0.25, 0.3) is 11.0 Å². The Morgan fingerprint density at radius 2 is 2.09 bits per heavy atom. The Kier molecular flexibility index (Phi) is 7.02. The molecule has 0 aliphatic carbocycles. The maximum absolute atomic E-state index is 13.0. The first kappa shape index (κ1) is 22.2. The smallest absolute Gasteiger partial charge is 0.338 e. The summed E-state index contributed by atoms with van der Waals surface area (Å²) in [7, 11) is 0. The number of benzene rings is 2. The molecule has 1 N–H and O–H groups in total. The van der Waals surface area contributed by atoms with Crippen LogP contribution < -0.4 is 10.9 Å². The highest BCUT2D eigenvalue weighted by molar-refractivity contribution is 9.10. The van der Waals surface area contributed by atoms with Crippen LogP contribution >= 0.6 is 15.9 Å². The van der Waals surface area contributed by atoms with Crippen molar-refractivity contribution in [3.63, 3.8) is 0 Å². The van der Waals surface area contributed by atoms with Crippen molar-refractivity contribution >= 4 is 44.5 Å². The number of esters is 1. The number of rotatable bonds is 6. The van der Waals surface area contributed by atoms with E-state index in [-0.39, 0.29) is 24.2 Å². The molecule has 0 bridgehead atoms. The second-order valence-corrected chi connectivity index (χ2v) is 8.29. The van der Waals surface area contributed by atoms with E-state index in [9.17, 15) is 9.59 Å². The summed E-state index contributed by atoms with van der Waals surface area (Å²) < 4.78 is 17.5. The normalized spacial score (nSPS) is 16.3. The van der Waals surface area contributed by atoms with E-state index in [0.717, 1.165) is 29.3 Å². The van der Waals surface area contributed by atoms with Gasteiger partial charge in [0, 0.05) is 23.0 Å². The average Bonchev–Trinajstić information content (AvgIpc) is 3.31. The Bertz CT molecular complexity index is 1210. The van der Waals surface area contributed by atoms with Gasteiger partial charge in [0.1, 0.15) is 11.1 Å². The first-order chi connectivity index (χ1) is 15.5. The molecular weight excluding hydrogens is 476 g/mol. The third-order valence-corrected chi connectivity index (χ3v) is 5.55. The third kappa shape index (κ3) is 5.26. The molecule has 1 saturated heterocycles. The predicted octanol–water partition coefficient (Wildman–Crippen LogP) is 4.51. The van der Waals surface area contributed by atoms with Crippen LogP contribution in [-0.2, 0) is 9.47 Å². The van der Waals surface area contributed by atoms with Gasteiger partial charge < -0.3 is 19.2 Å². The maximum Gasteiger partial charge on any atom is 0.338 e. The Hall–Kier alpha value is -2.97. The predicted molar refractivity (Wildman–Crippen MR) is 123 cm³/mol. The van der Waals surface area contributed by atoms with Gasteiger partial charge in [-0.2, -0.15) is 0 Å². The fraction of sp³-hybridized carbons (Fsp3) is 0.292. The quantitative estimate of drug-likeness (QED) is 0.504. The van der Waals surface area contributed by atoms with Gasteiger partial charge in [0.15, 0.2) is 0 Å². The molecule has 1 atom stereocenters. The molecule has 1 amide bonds. The van der Waals surface area contributed by atoms with Crippen molar-refractivity contribution < 1.29 is 23.5 Å². The van der Waals surface area contributed by atoms with Crippen LogP contribution in [0.1, 0.15) is 40.5 Å². The van der Waals surface area contributed by atoms with Crippen molar-refractivity contribution in [3.05, 3.63) is 69.7 Å². The third-order valence-electron chi connectivity index (χ3n) is 5.06. The summed E-state index contributed by atoms with van der Waals surface area (Å²) in [5, 5.41) is 3.69. The van der Waals surface area contributed by atoms with E-state index in [4.69, 9.17) is 13.9 Å². The lowest BCUT2D eigenvalue weighted by Gasteiger charge is -2.11. The second kappa shape index (κ2) is 10.1. The van der Waals surface area contributed by atoms with E-state index in [1.54, 1.807) is 37.3 Å².